The van der Waals surface area contributed by atoms with Crippen LogP contribution in [0.25, 0.3) is 0 Å². The highest BCUT2D eigenvalue weighted by Crippen LogP contribution is 2.67. The molecule has 1 N–H and O–H groups in total. The van der Waals surface area contributed by atoms with E-state index in [1.165, 1.54) is 0 Å². The number of carboxylic acids is 1. The van der Waals surface area contributed by atoms with Crippen molar-refractivity contribution in [2.24, 2.45) is 34.5 Å². The predicted octanol–water partition coefficient (Wildman–Crippen LogP) is 4.03. The Morgan fingerprint density at radius 2 is 1.88 bits per heavy atom. The third-order valence-corrected chi connectivity index (χ3v) is 8.57. The van der Waals surface area contributed by atoms with Crippen LogP contribution in [0.3, 0.4) is 0 Å². The van der Waals surface area contributed by atoms with E-state index < -0.39 is 11.4 Å². The SMILES string of the molecule is CC1C(=O)OC23CCC4C(C)(C(=O)O)CCCC4(C)C2CCC1C3. The fourth-order valence-electron chi connectivity index (χ4n) is 7.24. The lowest BCUT2D eigenvalue weighted by Gasteiger charge is -2.65. The van der Waals surface area contributed by atoms with E-state index in [1.54, 1.807) is 0 Å². The monoisotopic (exact) mass is 334 g/mol. The number of rotatable bonds is 1. The molecule has 4 aliphatic rings. The molecular formula is C20H30O4. The largest absolute Gasteiger partial charge is 0.481 e. The maximum Gasteiger partial charge on any atom is 0.309 e. The van der Waals surface area contributed by atoms with Crippen LogP contribution in [-0.4, -0.2) is 22.6 Å². The summed E-state index contributed by atoms with van der Waals surface area (Å²) < 4.78 is 6.12. The number of hydrogen-bond acceptors (Lipinski definition) is 3. The Labute approximate surface area is 144 Å². The van der Waals surface area contributed by atoms with E-state index in [4.69, 9.17) is 4.74 Å². The Bertz CT molecular complexity index is 586. The summed E-state index contributed by atoms with van der Waals surface area (Å²) in [7, 11) is 0. The van der Waals surface area contributed by atoms with E-state index in [1.807, 2.05) is 13.8 Å². The molecule has 0 aromatic heterocycles. The molecule has 2 bridgehead atoms. The first-order valence-electron chi connectivity index (χ1n) is 9.69. The topological polar surface area (TPSA) is 63.6 Å². The van der Waals surface area contributed by atoms with E-state index in [0.29, 0.717) is 11.8 Å². The molecule has 1 spiro atoms. The fraction of sp³-hybridized carbons (Fsp3) is 0.900. The second-order valence-corrected chi connectivity index (χ2v) is 9.54. The average Bonchev–Trinajstić information content (AvgIpc) is 2.52. The van der Waals surface area contributed by atoms with Crippen LogP contribution < -0.4 is 0 Å². The van der Waals surface area contributed by atoms with Gasteiger partial charge in [-0.2, -0.15) is 0 Å². The number of carbonyl (C=O) groups is 2. The maximum atomic E-state index is 12.4. The molecular weight excluding hydrogens is 304 g/mol. The van der Waals surface area contributed by atoms with Crippen LogP contribution in [0.4, 0.5) is 0 Å². The van der Waals surface area contributed by atoms with Gasteiger partial charge in [0.15, 0.2) is 0 Å². The second-order valence-electron chi connectivity index (χ2n) is 9.54. The lowest BCUT2D eigenvalue weighted by atomic mass is 9.42. The van der Waals surface area contributed by atoms with Crippen LogP contribution >= 0.6 is 0 Å². The van der Waals surface area contributed by atoms with Gasteiger partial charge in [-0.05, 0) is 69.1 Å². The van der Waals surface area contributed by atoms with E-state index in [2.05, 4.69) is 6.92 Å². The summed E-state index contributed by atoms with van der Waals surface area (Å²) in [6, 6.07) is 0. The zero-order valence-electron chi connectivity index (χ0n) is 15.1. The van der Waals surface area contributed by atoms with Gasteiger partial charge < -0.3 is 9.84 Å². The van der Waals surface area contributed by atoms with E-state index in [0.717, 1.165) is 51.4 Å². The Kier molecular flexibility index (Phi) is 3.41. The van der Waals surface area contributed by atoms with Gasteiger partial charge in [0.05, 0.1) is 11.3 Å². The number of carboxylic acid groups (broad SMARTS) is 1. The highest BCUT2D eigenvalue weighted by molar-refractivity contribution is 5.75. The average molecular weight is 334 g/mol. The number of aliphatic carboxylic acids is 1. The van der Waals surface area contributed by atoms with Crippen molar-refractivity contribution in [1.29, 1.82) is 0 Å². The highest BCUT2D eigenvalue weighted by Gasteiger charge is 2.66. The zero-order valence-corrected chi connectivity index (χ0v) is 15.1. The van der Waals surface area contributed by atoms with Crippen molar-refractivity contribution >= 4 is 11.9 Å². The van der Waals surface area contributed by atoms with Gasteiger partial charge in [-0.3, -0.25) is 9.59 Å². The molecule has 3 saturated carbocycles. The van der Waals surface area contributed by atoms with E-state index in [9.17, 15) is 14.7 Å². The molecule has 0 aromatic rings. The van der Waals surface area contributed by atoms with Crippen molar-refractivity contribution in [3.8, 4) is 0 Å². The zero-order chi connectivity index (χ0) is 17.3. The molecule has 1 saturated heterocycles. The van der Waals surface area contributed by atoms with Gasteiger partial charge in [-0.1, -0.05) is 20.3 Å². The highest BCUT2D eigenvalue weighted by atomic mass is 16.6. The van der Waals surface area contributed by atoms with Gasteiger partial charge in [-0.25, -0.2) is 0 Å². The molecule has 0 aromatic carbocycles. The van der Waals surface area contributed by atoms with Gasteiger partial charge in [0.1, 0.15) is 5.60 Å². The van der Waals surface area contributed by atoms with Gasteiger partial charge in [0.25, 0.3) is 0 Å². The van der Waals surface area contributed by atoms with Gasteiger partial charge in [-0.15, -0.1) is 0 Å². The van der Waals surface area contributed by atoms with Crippen LogP contribution in [0.15, 0.2) is 0 Å². The molecule has 7 atom stereocenters. The third kappa shape index (κ3) is 1.91. The number of ether oxygens (including phenoxy) is 1. The number of fused-ring (bicyclic) bond motifs is 3. The van der Waals surface area contributed by atoms with Crippen LogP contribution in [-0.2, 0) is 14.3 Å². The maximum absolute atomic E-state index is 12.4. The third-order valence-electron chi connectivity index (χ3n) is 8.57. The lowest BCUT2D eigenvalue weighted by Crippen LogP contribution is -2.65. The lowest BCUT2D eigenvalue weighted by molar-refractivity contribution is -0.244. The molecule has 4 nitrogen and oxygen atoms in total. The van der Waals surface area contributed by atoms with Crippen molar-refractivity contribution in [2.75, 3.05) is 0 Å². The molecule has 0 amide bonds. The predicted molar refractivity (Wildman–Crippen MR) is 89.2 cm³/mol. The summed E-state index contributed by atoms with van der Waals surface area (Å²) in [4.78, 5) is 24.5. The normalized spacial score (nSPS) is 53.5. The summed E-state index contributed by atoms with van der Waals surface area (Å²) in [5.41, 5.74) is -0.957. The molecule has 24 heavy (non-hydrogen) atoms. The van der Waals surface area contributed by atoms with Gasteiger partial charge in [0, 0.05) is 5.92 Å². The van der Waals surface area contributed by atoms with Gasteiger partial charge in [0.2, 0.25) is 0 Å². The summed E-state index contributed by atoms with van der Waals surface area (Å²) in [5.74, 6) is 0.346. The van der Waals surface area contributed by atoms with Crippen LogP contribution in [0.1, 0.15) is 72.1 Å². The van der Waals surface area contributed by atoms with Crippen molar-refractivity contribution in [1.82, 2.24) is 0 Å². The molecule has 134 valence electrons. The summed E-state index contributed by atoms with van der Waals surface area (Å²) in [5, 5.41) is 9.91. The molecule has 4 heteroatoms. The molecule has 4 rings (SSSR count). The van der Waals surface area contributed by atoms with Crippen molar-refractivity contribution in [2.45, 2.75) is 77.7 Å². The van der Waals surface area contributed by atoms with Crippen LogP contribution in [0.2, 0.25) is 0 Å². The quantitative estimate of drug-likeness (QED) is 0.736. The van der Waals surface area contributed by atoms with Gasteiger partial charge >= 0.3 is 11.9 Å². The molecule has 1 aliphatic heterocycles. The van der Waals surface area contributed by atoms with E-state index in [-0.39, 0.29) is 28.8 Å². The number of esters is 1. The Balaban J connectivity index is 1.73. The van der Waals surface area contributed by atoms with E-state index >= 15 is 0 Å². The standard InChI is InChI=1S/C20H30O4/c1-12-13-5-6-15-18(2)8-4-9-19(3,17(22)23)14(18)7-10-20(15,11-13)24-16(12)21/h12-15H,4-11H2,1-3H3,(H,22,23). The Morgan fingerprint density at radius 3 is 2.58 bits per heavy atom. The van der Waals surface area contributed by atoms with Crippen molar-refractivity contribution in [3.05, 3.63) is 0 Å². The summed E-state index contributed by atoms with van der Waals surface area (Å²) in [6.45, 7) is 6.27. The summed E-state index contributed by atoms with van der Waals surface area (Å²) >= 11 is 0. The number of carbonyl (C=O) groups excluding carboxylic acids is 1. The molecule has 3 aliphatic carbocycles. The Hall–Kier alpha value is -1.06. The molecule has 4 fully saturated rings. The molecule has 7 unspecified atom stereocenters. The fourth-order valence-corrected chi connectivity index (χ4v) is 7.24. The minimum atomic E-state index is -0.641. The first-order valence-corrected chi connectivity index (χ1v) is 9.69. The molecule has 0 radical (unpaired) electrons. The van der Waals surface area contributed by atoms with Crippen LogP contribution in [0, 0.1) is 34.5 Å². The van der Waals surface area contributed by atoms with Crippen molar-refractivity contribution in [3.63, 3.8) is 0 Å². The summed E-state index contributed by atoms with van der Waals surface area (Å²) in [6.07, 6.45) is 7.74. The van der Waals surface area contributed by atoms with Crippen molar-refractivity contribution < 1.29 is 19.4 Å². The first kappa shape index (κ1) is 16.4. The van der Waals surface area contributed by atoms with Crippen LogP contribution in [0.5, 0.6) is 0 Å². The minimum absolute atomic E-state index is 0.0184. The first-order chi connectivity index (χ1) is 11.2. The minimum Gasteiger partial charge on any atom is -0.481 e. The Morgan fingerprint density at radius 1 is 1.12 bits per heavy atom. The number of hydrogen-bond donors (Lipinski definition) is 1. The smallest absolute Gasteiger partial charge is 0.309 e. The second kappa shape index (κ2) is 4.98. The molecule has 1 heterocycles.